The highest BCUT2D eigenvalue weighted by Gasteiger charge is 2.62. The molecule has 0 heterocycles. The number of hydrogen-bond acceptors (Lipinski definition) is 2. The number of ketones is 1. The Morgan fingerprint density at radius 1 is 1.05 bits per heavy atom. The van der Waals surface area contributed by atoms with E-state index in [1.165, 1.54) is 0 Å². The average molecular weight is 308 g/mol. The highest BCUT2D eigenvalue weighted by molar-refractivity contribution is 5.91. The summed E-state index contributed by atoms with van der Waals surface area (Å²) >= 11 is 0. The first-order chi connectivity index (χ1) is 10.4. The first kappa shape index (κ1) is 15.1. The molecule has 4 aliphatic carbocycles. The summed E-state index contributed by atoms with van der Waals surface area (Å²) in [5.41, 5.74) is -0.0844. The summed E-state index contributed by atoms with van der Waals surface area (Å²) in [5, 5.41) is 10.0. The van der Waals surface area contributed by atoms with Crippen LogP contribution in [0.3, 0.4) is 0 Å². The topological polar surface area (TPSA) is 37.3 Å². The Labute approximate surface area is 132 Å². The van der Waals surface area contributed by atoms with Gasteiger partial charge in [0.15, 0.2) is 12.0 Å². The molecule has 4 saturated carbocycles. The zero-order valence-electron chi connectivity index (χ0n) is 13.9. The minimum absolute atomic E-state index is 0.109. The predicted octanol–water partition coefficient (Wildman–Crippen LogP) is 3.91. The molecule has 0 bridgehead atoms. The minimum atomic E-state index is -1.22. The summed E-state index contributed by atoms with van der Waals surface area (Å²) in [4.78, 5) is 12.3. The average Bonchev–Trinajstić information content (AvgIpc) is 2.72. The van der Waals surface area contributed by atoms with Gasteiger partial charge in [0.2, 0.25) is 0 Å². The van der Waals surface area contributed by atoms with Crippen LogP contribution in [0.5, 0.6) is 0 Å². The molecule has 0 aliphatic heterocycles. The number of halogens is 1. The molecule has 0 saturated heterocycles. The highest BCUT2D eigenvalue weighted by Crippen LogP contribution is 2.65. The van der Waals surface area contributed by atoms with E-state index >= 15 is 0 Å². The number of rotatable bonds is 0. The van der Waals surface area contributed by atoms with Crippen molar-refractivity contribution < 1.29 is 14.3 Å². The van der Waals surface area contributed by atoms with Crippen molar-refractivity contribution in [3.63, 3.8) is 0 Å². The van der Waals surface area contributed by atoms with E-state index in [1.807, 2.05) is 6.92 Å². The summed E-state index contributed by atoms with van der Waals surface area (Å²) in [6.07, 6.45) is 6.37. The molecule has 124 valence electrons. The summed E-state index contributed by atoms with van der Waals surface area (Å²) < 4.78 is 14.1. The van der Waals surface area contributed by atoms with Crippen LogP contribution in [0.4, 0.5) is 4.39 Å². The Morgan fingerprint density at radius 3 is 2.59 bits per heavy atom. The molecular weight excluding hydrogens is 279 g/mol. The van der Waals surface area contributed by atoms with Gasteiger partial charge < -0.3 is 5.11 Å². The van der Waals surface area contributed by atoms with Gasteiger partial charge in [-0.25, -0.2) is 4.39 Å². The van der Waals surface area contributed by atoms with Gasteiger partial charge in [-0.05, 0) is 80.5 Å². The van der Waals surface area contributed by atoms with Crippen LogP contribution < -0.4 is 0 Å². The second-order valence-corrected chi connectivity index (χ2v) is 9.11. The van der Waals surface area contributed by atoms with Crippen LogP contribution in [0.25, 0.3) is 0 Å². The zero-order chi connectivity index (χ0) is 15.7. The number of carbonyl (C=O) groups excluding carboxylic acids is 1. The van der Waals surface area contributed by atoms with Gasteiger partial charge in [0, 0.05) is 5.41 Å². The highest BCUT2D eigenvalue weighted by atomic mass is 19.1. The van der Waals surface area contributed by atoms with Gasteiger partial charge in [0.25, 0.3) is 0 Å². The minimum Gasteiger partial charge on any atom is -0.393 e. The summed E-state index contributed by atoms with van der Waals surface area (Å²) in [5.74, 6) is 1.94. The van der Waals surface area contributed by atoms with Crippen molar-refractivity contribution in [3.05, 3.63) is 0 Å². The van der Waals surface area contributed by atoms with E-state index in [2.05, 4.69) is 6.92 Å². The van der Waals surface area contributed by atoms with Gasteiger partial charge in [-0.2, -0.15) is 0 Å². The fourth-order valence-corrected chi connectivity index (χ4v) is 6.98. The first-order valence-corrected chi connectivity index (χ1v) is 9.23. The van der Waals surface area contributed by atoms with Gasteiger partial charge in [0.1, 0.15) is 0 Å². The Morgan fingerprint density at radius 2 is 1.82 bits per heavy atom. The molecule has 8 atom stereocenters. The molecule has 0 aromatic carbocycles. The van der Waals surface area contributed by atoms with Crippen LogP contribution in [0, 0.1) is 34.5 Å². The number of alkyl halides is 1. The third-order valence-corrected chi connectivity index (χ3v) is 8.34. The smallest absolute Gasteiger partial charge is 0.173 e. The molecular formula is C19H29FO2. The molecule has 3 heteroatoms. The fraction of sp³-hybridized carbons (Fsp3) is 0.947. The lowest BCUT2D eigenvalue weighted by molar-refractivity contribution is -0.143. The van der Waals surface area contributed by atoms with Crippen LogP contribution in [-0.4, -0.2) is 23.2 Å². The molecule has 4 rings (SSSR count). The summed E-state index contributed by atoms with van der Waals surface area (Å²) in [7, 11) is 0. The van der Waals surface area contributed by atoms with Crippen molar-refractivity contribution in [1.82, 2.24) is 0 Å². The predicted molar refractivity (Wildman–Crippen MR) is 83.0 cm³/mol. The van der Waals surface area contributed by atoms with E-state index < -0.39 is 11.6 Å². The number of fused-ring (bicyclic) bond motifs is 5. The van der Waals surface area contributed by atoms with Crippen molar-refractivity contribution in [2.24, 2.45) is 34.5 Å². The lowest BCUT2D eigenvalue weighted by atomic mass is 9.45. The van der Waals surface area contributed by atoms with E-state index in [1.54, 1.807) is 0 Å². The molecule has 0 radical (unpaired) electrons. The molecule has 8 unspecified atom stereocenters. The van der Waals surface area contributed by atoms with E-state index in [9.17, 15) is 14.3 Å². The Kier molecular flexibility index (Phi) is 3.28. The van der Waals surface area contributed by atoms with Crippen molar-refractivity contribution >= 4 is 5.78 Å². The largest absolute Gasteiger partial charge is 0.393 e. The Balaban J connectivity index is 1.64. The van der Waals surface area contributed by atoms with Gasteiger partial charge in [-0.15, -0.1) is 0 Å². The van der Waals surface area contributed by atoms with Crippen LogP contribution in [-0.2, 0) is 4.79 Å². The van der Waals surface area contributed by atoms with Crippen LogP contribution in [0.1, 0.15) is 65.2 Å². The normalized spacial score (nSPS) is 57.9. The number of aliphatic hydroxyl groups is 1. The molecule has 4 aliphatic rings. The van der Waals surface area contributed by atoms with Gasteiger partial charge >= 0.3 is 0 Å². The van der Waals surface area contributed by atoms with Crippen LogP contribution in [0.2, 0.25) is 0 Å². The van der Waals surface area contributed by atoms with Crippen molar-refractivity contribution in [1.29, 1.82) is 0 Å². The maximum atomic E-state index is 14.1. The lowest BCUT2D eigenvalue weighted by Crippen LogP contribution is -2.54. The molecule has 0 aromatic rings. The van der Waals surface area contributed by atoms with Gasteiger partial charge in [0.05, 0.1) is 6.10 Å². The molecule has 4 fully saturated rings. The number of aliphatic hydroxyl groups excluding tert-OH is 1. The molecule has 2 nitrogen and oxygen atoms in total. The van der Waals surface area contributed by atoms with E-state index in [4.69, 9.17) is 0 Å². The molecule has 0 spiro atoms. The summed E-state index contributed by atoms with van der Waals surface area (Å²) in [6, 6.07) is 0. The quantitative estimate of drug-likeness (QED) is 0.737. The zero-order valence-corrected chi connectivity index (χ0v) is 13.9. The second kappa shape index (κ2) is 4.78. The lowest BCUT2D eigenvalue weighted by Gasteiger charge is -2.59. The monoisotopic (exact) mass is 308 g/mol. The third-order valence-electron chi connectivity index (χ3n) is 8.34. The molecule has 22 heavy (non-hydrogen) atoms. The van der Waals surface area contributed by atoms with Crippen molar-refractivity contribution in [2.75, 3.05) is 0 Å². The van der Waals surface area contributed by atoms with Crippen LogP contribution >= 0.6 is 0 Å². The van der Waals surface area contributed by atoms with Crippen molar-refractivity contribution in [2.45, 2.75) is 77.5 Å². The second-order valence-electron chi connectivity index (χ2n) is 9.11. The van der Waals surface area contributed by atoms with Crippen molar-refractivity contribution in [3.8, 4) is 0 Å². The van der Waals surface area contributed by atoms with E-state index in [0.29, 0.717) is 29.6 Å². The first-order valence-electron chi connectivity index (χ1n) is 9.23. The Bertz CT molecular complexity index is 492. The van der Waals surface area contributed by atoms with E-state index in [0.717, 1.165) is 44.9 Å². The van der Waals surface area contributed by atoms with Gasteiger partial charge in [-0.3, -0.25) is 4.79 Å². The van der Waals surface area contributed by atoms with Gasteiger partial charge in [-0.1, -0.05) is 13.8 Å². The number of carbonyl (C=O) groups is 1. The SMILES string of the molecule is CC12CCC3C(CCC4CC(O)CCC43C)C1CC(F)C2=O. The number of hydrogen-bond donors (Lipinski definition) is 1. The number of Topliss-reactive ketones (excluding diaryl/α,β-unsaturated/α-hetero) is 1. The standard InChI is InChI=1S/C19H29FO2/c1-18-7-5-12(21)9-11(18)3-4-13-14(18)6-8-19(2)15(13)10-16(20)17(19)22/h11-16,21H,3-10H2,1-2H3. The maximum absolute atomic E-state index is 14.1. The molecule has 0 aromatic heterocycles. The third kappa shape index (κ3) is 1.84. The fourth-order valence-electron chi connectivity index (χ4n) is 6.98. The maximum Gasteiger partial charge on any atom is 0.173 e. The van der Waals surface area contributed by atoms with E-state index in [-0.39, 0.29) is 17.8 Å². The van der Waals surface area contributed by atoms with Crippen LogP contribution in [0.15, 0.2) is 0 Å². The summed E-state index contributed by atoms with van der Waals surface area (Å²) in [6.45, 7) is 4.46. The molecule has 1 N–H and O–H groups in total. The Hall–Kier alpha value is -0.440. The molecule has 0 amide bonds.